The highest BCUT2D eigenvalue weighted by Crippen LogP contribution is 2.31. The molecule has 1 aromatic rings. The van der Waals surface area contributed by atoms with Crippen molar-refractivity contribution in [1.29, 1.82) is 0 Å². The summed E-state index contributed by atoms with van der Waals surface area (Å²) in [5.41, 5.74) is 7.38. The molecule has 0 heterocycles. The van der Waals surface area contributed by atoms with Crippen LogP contribution in [0.25, 0.3) is 6.08 Å². The molecule has 82 valence electrons. The molecular formula is C13H19NO. The van der Waals surface area contributed by atoms with Gasteiger partial charge in [0.05, 0.1) is 0 Å². The maximum atomic E-state index is 9.75. The molecule has 0 amide bonds. The van der Waals surface area contributed by atoms with Gasteiger partial charge in [-0.25, -0.2) is 0 Å². The van der Waals surface area contributed by atoms with Crippen molar-refractivity contribution in [2.45, 2.75) is 26.2 Å². The van der Waals surface area contributed by atoms with Crippen LogP contribution < -0.4 is 5.73 Å². The first kappa shape index (κ1) is 11.8. The SMILES string of the molecule is CC(C)(C)c1cc(C=CCN)ccc1O. The summed E-state index contributed by atoms with van der Waals surface area (Å²) >= 11 is 0. The van der Waals surface area contributed by atoms with Crippen LogP contribution in [0, 0.1) is 0 Å². The third-order valence-electron chi connectivity index (χ3n) is 2.28. The van der Waals surface area contributed by atoms with Gasteiger partial charge in [-0.05, 0) is 28.7 Å². The van der Waals surface area contributed by atoms with E-state index in [1.165, 1.54) is 0 Å². The minimum Gasteiger partial charge on any atom is -0.508 e. The Bertz CT molecular complexity index is 361. The first-order valence-electron chi connectivity index (χ1n) is 5.15. The predicted molar refractivity (Wildman–Crippen MR) is 64.9 cm³/mol. The standard InChI is InChI=1S/C13H19NO/c1-13(2,3)11-9-10(5-4-8-14)6-7-12(11)15/h4-7,9,15H,8,14H2,1-3H3. The van der Waals surface area contributed by atoms with E-state index in [4.69, 9.17) is 5.73 Å². The summed E-state index contributed by atoms with van der Waals surface area (Å²) in [6.07, 6.45) is 3.87. The second kappa shape index (κ2) is 4.49. The van der Waals surface area contributed by atoms with Gasteiger partial charge in [-0.1, -0.05) is 39.0 Å². The van der Waals surface area contributed by atoms with Crippen LogP contribution in [-0.2, 0) is 5.41 Å². The highest BCUT2D eigenvalue weighted by Gasteiger charge is 2.17. The van der Waals surface area contributed by atoms with Crippen LogP contribution in [0.4, 0.5) is 0 Å². The van der Waals surface area contributed by atoms with Gasteiger partial charge in [-0.2, -0.15) is 0 Å². The van der Waals surface area contributed by atoms with E-state index < -0.39 is 0 Å². The van der Waals surface area contributed by atoms with Crippen molar-refractivity contribution in [3.63, 3.8) is 0 Å². The normalized spacial score (nSPS) is 12.3. The highest BCUT2D eigenvalue weighted by atomic mass is 16.3. The second-order valence-corrected chi connectivity index (χ2v) is 4.66. The van der Waals surface area contributed by atoms with E-state index in [0.717, 1.165) is 11.1 Å². The van der Waals surface area contributed by atoms with Crippen molar-refractivity contribution < 1.29 is 5.11 Å². The number of rotatable bonds is 2. The van der Waals surface area contributed by atoms with Gasteiger partial charge in [0.25, 0.3) is 0 Å². The third-order valence-corrected chi connectivity index (χ3v) is 2.28. The molecular weight excluding hydrogens is 186 g/mol. The molecule has 0 aliphatic heterocycles. The summed E-state index contributed by atoms with van der Waals surface area (Å²) < 4.78 is 0. The molecule has 0 aliphatic carbocycles. The Morgan fingerprint density at radius 3 is 2.53 bits per heavy atom. The van der Waals surface area contributed by atoms with E-state index >= 15 is 0 Å². The molecule has 0 atom stereocenters. The first-order valence-corrected chi connectivity index (χ1v) is 5.15. The zero-order valence-electron chi connectivity index (χ0n) is 9.62. The minimum absolute atomic E-state index is 0.0450. The molecule has 0 aromatic heterocycles. The summed E-state index contributed by atoms with van der Waals surface area (Å²) in [6, 6.07) is 5.62. The summed E-state index contributed by atoms with van der Waals surface area (Å²) in [5.74, 6) is 0.354. The summed E-state index contributed by atoms with van der Waals surface area (Å²) in [4.78, 5) is 0. The van der Waals surface area contributed by atoms with Gasteiger partial charge in [0.2, 0.25) is 0 Å². The number of phenols is 1. The molecule has 3 N–H and O–H groups in total. The predicted octanol–water partition coefficient (Wildman–Crippen LogP) is 2.66. The molecule has 15 heavy (non-hydrogen) atoms. The number of nitrogens with two attached hydrogens (primary N) is 1. The van der Waals surface area contributed by atoms with Crippen LogP contribution >= 0.6 is 0 Å². The highest BCUT2D eigenvalue weighted by molar-refractivity contribution is 5.54. The number of hydrogen-bond acceptors (Lipinski definition) is 2. The van der Waals surface area contributed by atoms with E-state index in [-0.39, 0.29) is 5.41 Å². The van der Waals surface area contributed by atoms with Crippen LogP contribution in [0.1, 0.15) is 31.9 Å². The molecule has 1 rings (SSSR count). The quantitative estimate of drug-likeness (QED) is 0.779. The molecule has 0 aliphatic rings. The maximum Gasteiger partial charge on any atom is 0.119 e. The lowest BCUT2D eigenvalue weighted by Gasteiger charge is -2.20. The lowest BCUT2D eigenvalue weighted by Crippen LogP contribution is -2.11. The smallest absolute Gasteiger partial charge is 0.119 e. The Kier molecular flexibility index (Phi) is 3.53. The fourth-order valence-electron chi connectivity index (χ4n) is 1.46. The number of aromatic hydroxyl groups is 1. The fourth-order valence-corrected chi connectivity index (χ4v) is 1.46. The molecule has 0 bridgehead atoms. The molecule has 0 unspecified atom stereocenters. The van der Waals surface area contributed by atoms with E-state index in [1.54, 1.807) is 6.07 Å². The Labute approximate surface area is 91.4 Å². The van der Waals surface area contributed by atoms with Crippen molar-refractivity contribution in [3.05, 3.63) is 35.4 Å². The second-order valence-electron chi connectivity index (χ2n) is 4.66. The van der Waals surface area contributed by atoms with Gasteiger partial charge >= 0.3 is 0 Å². The van der Waals surface area contributed by atoms with Crippen molar-refractivity contribution in [2.24, 2.45) is 5.73 Å². The van der Waals surface area contributed by atoms with Gasteiger partial charge < -0.3 is 10.8 Å². The Morgan fingerprint density at radius 2 is 2.00 bits per heavy atom. The summed E-state index contributed by atoms with van der Waals surface area (Å²) in [7, 11) is 0. The number of hydrogen-bond donors (Lipinski definition) is 2. The zero-order chi connectivity index (χ0) is 11.5. The molecule has 2 heteroatoms. The average molecular weight is 205 g/mol. The van der Waals surface area contributed by atoms with E-state index in [9.17, 15) is 5.11 Å². The molecule has 0 saturated heterocycles. The van der Waals surface area contributed by atoms with Crippen molar-refractivity contribution in [3.8, 4) is 5.75 Å². The fraction of sp³-hybridized carbons (Fsp3) is 0.385. The molecule has 0 fully saturated rings. The van der Waals surface area contributed by atoms with E-state index in [1.807, 2.05) is 24.3 Å². The van der Waals surface area contributed by atoms with Crippen LogP contribution in [0.15, 0.2) is 24.3 Å². The van der Waals surface area contributed by atoms with Crippen LogP contribution in [0.3, 0.4) is 0 Å². The molecule has 0 spiro atoms. The zero-order valence-corrected chi connectivity index (χ0v) is 9.62. The van der Waals surface area contributed by atoms with Gasteiger partial charge in [-0.3, -0.25) is 0 Å². The Balaban J connectivity index is 3.11. The van der Waals surface area contributed by atoms with Gasteiger partial charge in [0.15, 0.2) is 0 Å². The van der Waals surface area contributed by atoms with Crippen LogP contribution in [-0.4, -0.2) is 11.7 Å². The van der Waals surface area contributed by atoms with Gasteiger partial charge in [-0.15, -0.1) is 0 Å². The van der Waals surface area contributed by atoms with Crippen LogP contribution in [0.5, 0.6) is 5.75 Å². The van der Waals surface area contributed by atoms with Crippen LogP contribution in [0.2, 0.25) is 0 Å². The Morgan fingerprint density at radius 1 is 1.33 bits per heavy atom. The third kappa shape index (κ3) is 3.10. The van der Waals surface area contributed by atoms with E-state index in [0.29, 0.717) is 12.3 Å². The van der Waals surface area contributed by atoms with E-state index in [2.05, 4.69) is 20.8 Å². The molecule has 1 aromatic carbocycles. The molecule has 2 nitrogen and oxygen atoms in total. The first-order chi connectivity index (χ1) is 6.95. The van der Waals surface area contributed by atoms with Gasteiger partial charge in [0.1, 0.15) is 5.75 Å². The minimum atomic E-state index is -0.0450. The number of phenolic OH excluding ortho intramolecular Hbond substituents is 1. The topological polar surface area (TPSA) is 46.2 Å². The van der Waals surface area contributed by atoms with Gasteiger partial charge in [0, 0.05) is 6.54 Å². The summed E-state index contributed by atoms with van der Waals surface area (Å²) in [6.45, 7) is 6.78. The largest absolute Gasteiger partial charge is 0.508 e. The molecule has 0 saturated carbocycles. The molecule has 0 radical (unpaired) electrons. The van der Waals surface area contributed by atoms with Crippen molar-refractivity contribution in [1.82, 2.24) is 0 Å². The average Bonchev–Trinajstić information content (AvgIpc) is 2.15. The van der Waals surface area contributed by atoms with Crippen molar-refractivity contribution >= 4 is 6.08 Å². The summed E-state index contributed by atoms with van der Waals surface area (Å²) in [5, 5.41) is 9.75. The van der Waals surface area contributed by atoms with Crippen molar-refractivity contribution in [2.75, 3.05) is 6.54 Å². The lowest BCUT2D eigenvalue weighted by molar-refractivity contribution is 0.446. The number of benzene rings is 1. The maximum absolute atomic E-state index is 9.75. The Hall–Kier alpha value is -1.28. The lowest BCUT2D eigenvalue weighted by atomic mass is 9.85. The monoisotopic (exact) mass is 205 g/mol.